The highest BCUT2D eigenvalue weighted by molar-refractivity contribution is 7.89. The summed E-state index contributed by atoms with van der Waals surface area (Å²) in [7, 11) is -4.38. The Balaban J connectivity index is 3.51. The fourth-order valence-corrected chi connectivity index (χ4v) is 3.51. The maximum absolute atomic E-state index is 13.3. The van der Waals surface area contributed by atoms with Crippen LogP contribution in [0.3, 0.4) is 0 Å². The zero-order valence-electron chi connectivity index (χ0n) is 11.4. The summed E-state index contributed by atoms with van der Waals surface area (Å²) in [5.74, 6) is -3.32. The topological polar surface area (TPSA) is 118 Å². The van der Waals surface area contributed by atoms with E-state index in [-0.39, 0.29) is 0 Å². The number of carbonyl (C=O) groups is 2. The van der Waals surface area contributed by atoms with E-state index in [1.807, 2.05) is 0 Å². The van der Waals surface area contributed by atoms with Gasteiger partial charge in [0, 0.05) is 6.04 Å². The molecule has 0 aliphatic carbocycles. The number of amides is 1. The van der Waals surface area contributed by atoms with Crippen LogP contribution in [0.2, 0.25) is 0 Å². The highest BCUT2D eigenvalue weighted by Gasteiger charge is 2.32. The van der Waals surface area contributed by atoms with Gasteiger partial charge in [0.2, 0.25) is 15.9 Å². The molecule has 1 aromatic carbocycles. The summed E-state index contributed by atoms with van der Waals surface area (Å²) >= 11 is 0. The van der Waals surface area contributed by atoms with Crippen LogP contribution in [0.5, 0.6) is 0 Å². The monoisotopic (exact) mass is 318 g/mol. The number of nitrogens with zero attached hydrogens (tertiary/aromatic N) is 1. The van der Waals surface area contributed by atoms with Crippen molar-refractivity contribution >= 4 is 21.9 Å². The molecule has 0 bridgehead atoms. The predicted molar refractivity (Wildman–Crippen MR) is 71.6 cm³/mol. The summed E-state index contributed by atoms with van der Waals surface area (Å²) in [4.78, 5) is 21.4. The van der Waals surface area contributed by atoms with Crippen molar-refractivity contribution < 1.29 is 27.5 Å². The van der Waals surface area contributed by atoms with Gasteiger partial charge in [-0.25, -0.2) is 17.6 Å². The van der Waals surface area contributed by atoms with Crippen LogP contribution in [0.25, 0.3) is 0 Å². The van der Waals surface area contributed by atoms with Gasteiger partial charge in [0.15, 0.2) is 0 Å². The second-order valence-electron chi connectivity index (χ2n) is 4.56. The predicted octanol–water partition coefficient (Wildman–Crippen LogP) is 0.408. The van der Waals surface area contributed by atoms with Crippen molar-refractivity contribution in [3.8, 4) is 0 Å². The standard InChI is InChI=1S/C12H15FN2O5S/c1-7(2)15(6-11(14)16)21(19,20)10-5-8(13)3-4-9(10)12(17)18/h3-5,7H,6H2,1-2H3,(H2,14,16)(H,17,18). The first kappa shape index (κ1) is 17.1. The maximum atomic E-state index is 13.3. The molecule has 0 saturated carbocycles. The van der Waals surface area contributed by atoms with Gasteiger partial charge >= 0.3 is 5.97 Å². The molecule has 0 heterocycles. The molecule has 21 heavy (non-hydrogen) atoms. The fourth-order valence-electron chi connectivity index (χ4n) is 1.71. The van der Waals surface area contributed by atoms with Gasteiger partial charge in [-0.05, 0) is 32.0 Å². The molecule has 0 aliphatic heterocycles. The Kier molecular flexibility index (Phi) is 5.02. The lowest BCUT2D eigenvalue weighted by molar-refractivity contribution is -0.118. The number of rotatable bonds is 6. The molecule has 0 radical (unpaired) electrons. The molecule has 0 saturated heterocycles. The number of nitrogens with two attached hydrogens (primary N) is 1. The molecular weight excluding hydrogens is 303 g/mol. The molecule has 0 aliphatic rings. The highest BCUT2D eigenvalue weighted by atomic mass is 32.2. The van der Waals surface area contributed by atoms with Crippen molar-refractivity contribution in [2.45, 2.75) is 24.8 Å². The summed E-state index contributed by atoms with van der Waals surface area (Å²) < 4.78 is 39.0. The SMILES string of the molecule is CC(C)N(CC(N)=O)S(=O)(=O)c1cc(F)ccc1C(=O)O. The van der Waals surface area contributed by atoms with Gasteiger partial charge in [-0.1, -0.05) is 0 Å². The van der Waals surface area contributed by atoms with Gasteiger partial charge in [0.25, 0.3) is 0 Å². The van der Waals surface area contributed by atoms with E-state index in [0.717, 1.165) is 16.4 Å². The third-order valence-corrected chi connectivity index (χ3v) is 4.71. The van der Waals surface area contributed by atoms with Crippen molar-refractivity contribution in [3.63, 3.8) is 0 Å². The number of sulfonamides is 1. The van der Waals surface area contributed by atoms with E-state index < -0.39 is 50.8 Å². The number of benzene rings is 1. The quantitative estimate of drug-likeness (QED) is 0.787. The number of carboxylic acids is 1. The minimum absolute atomic E-state index is 0.577. The van der Waals surface area contributed by atoms with Crippen molar-refractivity contribution in [2.24, 2.45) is 5.73 Å². The summed E-state index contributed by atoms with van der Waals surface area (Å²) in [5, 5.41) is 9.03. The van der Waals surface area contributed by atoms with E-state index >= 15 is 0 Å². The number of primary amides is 1. The lowest BCUT2D eigenvalue weighted by Crippen LogP contribution is -2.43. The second kappa shape index (κ2) is 6.19. The zero-order chi connectivity index (χ0) is 16.4. The summed E-state index contributed by atoms with van der Waals surface area (Å²) in [6, 6.07) is 1.64. The fraction of sp³-hybridized carbons (Fsp3) is 0.333. The molecule has 116 valence electrons. The van der Waals surface area contributed by atoms with Crippen molar-refractivity contribution in [2.75, 3.05) is 6.54 Å². The van der Waals surface area contributed by atoms with Crippen LogP contribution in [0, 0.1) is 5.82 Å². The van der Waals surface area contributed by atoms with E-state index in [1.165, 1.54) is 13.8 Å². The van der Waals surface area contributed by atoms with E-state index in [1.54, 1.807) is 0 Å². The van der Waals surface area contributed by atoms with Crippen LogP contribution in [-0.4, -0.2) is 42.3 Å². The van der Waals surface area contributed by atoms with Crippen LogP contribution >= 0.6 is 0 Å². The Hall–Kier alpha value is -2.00. The number of halogens is 1. The van der Waals surface area contributed by atoms with Crippen molar-refractivity contribution in [3.05, 3.63) is 29.6 Å². The van der Waals surface area contributed by atoms with Gasteiger partial charge in [-0.2, -0.15) is 4.31 Å². The Morgan fingerprint density at radius 1 is 1.38 bits per heavy atom. The summed E-state index contributed by atoms with van der Waals surface area (Å²) in [6.07, 6.45) is 0. The Labute approximate surface area is 121 Å². The third-order valence-electron chi connectivity index (χ3n) is 2.65. The van der Waals surface area contributed by atoms with Crippen LogP contribution in [0.1, 0.15) is 24.2 Å². The molecule has 0 unspecified atom stereocenters. The first-order valence-electron chi connectivity index (χ1n) is 5.90. The van der Waals surface area contributed by atoms with Gasteiger partial charge in [0.1, 0.15) is 5.82 Å². The number of carboxylic acid groups (broad SMARTS) is 1. The molecular formula is C12H15FN2O5S. The molecule has 3 N–H and O–H groups in total. The lowest BCUT2D eigenvalue weighted by Gasteiger charge is -2.25. The minimum Gasteiger partial charge on any atom is -0.478 e. The normalized spacial score (nSPS) is 11.9. The van der Waals surface area contributed by atoms with E-state index in [9.17, 15) is 22.4 Å². The van der Waals surface area contributed by atoms with E-state index in [4.69, 9.17) is 10.8 Å². The summed E-state index contributed by atoms with van der Waals surface area (Å²) in [5.41, 5.74) is 4.42. The third kappa shape index (κ3) is 3.76. The molecule has 9 heteroatoms. The average Bonchev–Trinajstić information content (AvgIpc) is 2.34. The smallest absolute Gasteiger partial charge is 0.337 e. The highest BCUT2D eigenvalue weighted by Crippen LogP contribution is 2.23. The molecule has 0 aromatic heterocycles. The van der Waals surface area contributed by atoms with Gasteiger partial charge in [-0.15, -0.1) is 0 Å². The Morgan fingerprint density at radius 3 is 2.38 bits per heavy atom. The van der Waals surface area contributed by atoms with E-state index in [2.05, 4.69) is 0 Å². The molecule has 7 nitrogen and oxygen atoms in total. The van der Waals surface area contributed by atoms with Crippen molar-refractivity contribution in [1.29, 1.82) is 0 Å². The number of hydrogen-bond donors (Lipinski definition) is 2. The Bertz CT molecular complexity index is 672. The van der Waals surface area contributed by atoms with Gasteiger partial charge in [0.05, 0.1) is 17.0 Å². The molecule has 0 fully saturated rings. The number of hydrogen-bond acceptors (Lipinski definition) is 4. The van der Waals surface area contributed by atoms with Crippen LogP contribution < -0.4 is 5.73 Å². The average molecular weight is 318 g/mol. The number of carbonyl (C=O) groups excluding carboxylic acids is 1. The molecule has 1 aromatic rings. The number of aromatic carboxylic acids is 1. The molecule has 1 amide bonds. The minimum atomic E-state index is -4.38. The van der Waals surface area contributed by atoms with E-state index in [0.29, 0.717) is 6.07 Å². The molecule has 0 spiro atoms. The lowest BCUT2D eigenvalue weighted by atomic mass is 10.2. The summed E-state index contributed by atoms with van der Waals surface area (Å²) in [6.45, 7) is 2.34. The first-order valence-corrected chi connectivity index (χ1v) is 7.34. The maximum Gasteiger partial charge on any atom is 0.337 e. The zero-order valence-corrected chi connectivity index (χ0v) is 12.2. The van der Waals surface area contributed by atoms with Gasteiger partial charge in [-0.3, -0.25) is 4.79 Å². The first-order chi connectivity index (χ1) is 9.57. The van der Waals surface area contributed by atoms with Crippen LogP contribution in [-0.2, 0) is 14.8 Å². The van der Waals surface area contributed by atoms with Crippen molar-refractivity contribution in [1.82, 2.24) is 4.31 Å². The van der Waals surface area contributed by atoms with Gasteiger partial charge < -0.3 is 10.8 Å². The van der Waals surface area contributed by atoms with Crippen LogP contribution in [0.4, 0.5) is 4.39 Å². The second-order valence-corrected chi connectivity index (χ2v) is 6.41. The Morgan fingerprint density at radius 2 is 1.95 bits per heavy atom. The largest absolute Gasteiger partial charge is 0.478 e. The van der Waals surface area contributed by atoms with Crippen LogP contribution in [0.15, 0.2) is 23.1 Å². The molecule has 0 atom stereocenters. The molecule has 1 rings (SSSR count).